The number of rotatable bonds is 11. The van der Waals surface area contributed by atoms with Crippen LogP contribution in [-0.2, 0) is 11.0 Å². The second-order valence-corrected chi connectivity index (χ2v) is 18.3. The molecule has 4 saturated heterocycles. The normalized spacial score (nSPS) is 24.2. The summed E-state index contributed by atoms with van der Waals surface area (Å²) in [7, 11) is -1.52. The van der Waals surface area contributed by atoms with Gasteiger partial charge in [0.15, 0.2) is 22.6 Å². The van der Waals surface area contributed by atoms with Crippen molar-refractivity contribution < 1.29 is 22.5 Å². The van der Waals surface area contributed by atoms with E-state index in [4.69, 9.17) is 25.9 Å². The lowest BCUT2D eigenvalue weighted by Crippen LogP contribution is -2.51. The Kier molecular flexibility index (Phi) is 9.27. The number of terminal acetylenes is 1. The number of aromatic nitrogens is 6. The first-order valence-corrected chi connectivity index (χ1v) is 21.9. The fraction of sp³-hybridized carbons (Fsp3) is 0.400. The summed E-state index contributed by atoms with van der Waals surface area (Å²) in [5, 5.41) is 9.72. The molecule has 3 aromatic heterocycles. The van der Waals surface area contributed by atoms with Gasteiger partial charge in [-0.05, 0) is 81.1 Å². The summed E-state index contributed by atoms with van der Waals surface area (Å²) >= 11 is 0. The largest absolute Gasteiger partial charge is 0.493 e. The Hall–Kier alpha value is -5.56. The highest BCUT2D eigenvalue weighted by Crippen LogP contribution is 2.43. The summed E-state index contributed by atoms with van der Waals surface area (Å²) in [6, 6.07) is 16.4. The van der Waals surface area contributed by atoms with Gasteiger partial charge in [-0.2, -0.15) is 14.1 Å². The first-order chi connectivity index (χ1) is 29.3. The third-order valence-electron chi connectivity index (χ3n) is 13.0. The molecule has 306 valence electrons. The van der Waals surface area contributed by atoms with Gasteiger partial charge in [0.1, 0.15) is 41.5 Å². The number of hydrogen-bond acceptors (Lipinski definition) is 11. The maximum Gasteiger partial charge on any atom is 0.319 e. The van der Waals surface area contributed by atoms with Crippen molar-refractivity contribution in [3.05, 3.63) is 90.1 Å². The van der Waals surface area contributed by atoms with Crippen LogP contribution >= 0.6 is 0 Å². The molecule has 1 aliphatic carbocycles. The smallest absolute Gasteiger partial charge is 0.319 e. The van der Waals surface area contributed by atoms with E-state index in [2.05, 4.69) is 36.1 Å². The van der Waals surface area contributed by atoms with Gasteiger partial charge in [-0.1, -0.05) is 36.3 Å². The average molecular weight is 828 g/mol. The second-order valence-electron chi connectivity index (χ2n) is 17.0. The van der Waals surface area contributed by atoms with Crippen molar-refractivity contribution in [2.75, 3.05) is 44.3 Å². The minimum atomic E-state index is -1.52. The third kappa shape index (κ3) is 6.65. The Morgan fingerprint density at radius 2 is 1.83 bits per heavy atom. The van der Waals surface area contributed by atoms with Crippen molar-refractivity contribution in [2.45, 2.75) is 73.4 Å². The summed E-state index contributed by atoms with van der Waals surface area (Å²) in [6.45, 7) is 4.06. The van der Waals surface area contributed by atoms with Crippen LogP contribution in [0.25, 0.3) is 32.9 Å². The zero-order valence-corrected chi connectivity index (χ0v) is 33.7. The van der Waals surface area contributed by atoms with Crippen LogP contribution in [0.5, 0.6) is 11.8 Å². The van der Waals surface area contributed by atoms with Crippen LogP contribution in [-0.4, -0.2) is 95.2 Å². The zero-order chi connectivity index (χ0) is 40.5. The number of piperazine rings is 1. The van der Waals surface area contributed by atoms with Gasteiger partial charge in [-0.3, -0.25) is 9.88 Å². The van der Waals surface area contributed by atoms with Crippen molar-refractivity contribution in [2.24, 2.45) is 5.92 Å². The van der Waals surface area contributed by atoms with Gasteiger partial charge in [0.25, 0.3) is 0 Å². The molecule has 5 aliphatic rings. The van der Waals surface area contributed by atoms with Crippen LogP contribution in [0.2, 0.25) is 0 Å². The molecule has 1 saturated carbocycles. The van der Waals surface area contributed by atoms with E-state index in [1.807, 2.05) is 30.3 Å². The minimum absolute atomic E-state index is 0.0308. The van der Waals surface area contributed by atoms with E-state index in [1.165, 1.54) is 10.2 Å². The number of halogens is 2. The Balaban J connectivity index is 0.861. The number of anilines is 1. The molecule has 12 nitrogen and oxygen atoms in total. The molecular formula is C45H43F2N9O3S. The van der Waals surface area contributed by atoms with Crippen molar-refractivity contribution >= 4 is 38.5 Å². The van der Waals surface area contributed by atoms with Gasteiger partial charge < -0.3 is 19.7 Å². The molecule has 3 aromatic carbocycles. The Bertz CT molecular complexity index is 2730. The molecule has 11 rings (SSSR count). The van der Waals surface area contributed by atoms with E-state index in [-0.39, 0.29) is 34.2 Å². The van der Waals surface area contributed by atoms with E-state index in [9.17, 15) is 8.60 Å². The van der Waals surface area contributed by atoms with Crippen molar-refractivity contribution in [1.29, 1.82) is 0 Å². The minimum Gasteiger partial charge on any atom is -0.493 e. The van der Waals surface area contributed by atoms with E-state index in [0.29, 0.717) is 69.4 Å². The number of nitrogens with zero attached hydrogens (tertiary/aromatic N) is 8. The maximum absolute atomic E-state index is 17.1. The van der Waals surface area contributed by atoms with Gasteiger partial charge in [-0.25, -0.2) is 18.0 Å². The molecule has 4 aliphatic heterocycles. The van der Waals surface area contributed by atoms with Crippen LogP contribution in [0.4, 0.5) is 14.6 Å². The number of hydrogen-bond donors (Lipinski definition) is 1. The molecule has 6 aromatic rings. The third-order valence-corrected chi connectivity index (χ3v) is 14.2. The van der Waals surface area contributed by atoms with Crippen LogP contribution in [0, 0.1) is 29.9 Å². The fourth-order valence-corrected chi connectivity index (χ4v) is 10.9. The average Bonchev–Trinajstić information content (AvgIpc) is 3.53. The lowest BCUT2D eigenvalue weighted by atomic mass is 9.91. The van der Waals surface area contributed by atoms with E-state index < -0.39 is 22.6 Å². The molecule has 60 heavy (non-hydrogen) atoms. The monoisotopic (exact) mass is 827 g/mol. The van der Waals surface area contributed by atoms with Gasteiger partial charge in [0, 0.05) is 60.7 Å². The first kappa shape index (κ1) is 37.4. The first-order valence-electron chi connectivity index (χ1n) is 20.8. The maximum atomic E-state index is 17.1. The summed E-state index contributed by atoms with van der Waals surface area (Å²) in [4.78, 5) is 24.0. The lowest BCUT2D eigenvalue weighted by molar-refractivity contribution is 0.107. The molecule has 15 heteroatoms. The molecule has 7 heterocycles. The Morgan fingerprint density at radius 3 is 2.67 bits per heavy atom. The van der Waals surface area contributed by atoms with E-state index in [1.54, 1.807) is 30.7 Å². The molecule has 0 amide bonds. The van der Waals surface area contributed by atoms with Crippen molar-refractivity contribution in [3.63, 3.8) is 0 Å². The lowest BCUT2D eigenvalue weighted by Gasteiger charge is -2.34. The molecule has 0 radical (unpaired) electrons. The van der Waals surface area contributed by atoms with Crippen LogP contribution in [0.15, 0.2) is 72.0 Å². The molecule has 5 unspecified atom stereocenters. The standard InChI is InChI=1S/C45H43F2N9O3S/c1-2-34-37(46)15-12-28-6-3-9-35(38(28)34)40-39(47)41-36(20-48-40)43(54-22-30-13-14-31(23-54)50-30)52-44(51-41)59-25-45-16-5-17-55(45)21-27(19-45)24-58-32-7-4-8-33(18-32)60(57)56-26-49-42(53-56)29-10-11-29/h1,3-4,6-9,12,15,18,20,26-27,29-31,50H,5,10-11,13-14,16-17,19,21-25H2. The van der Waals surface area contributed by atoms with Crippen LogP contribution in [0.3, 0.4) is 0 Å². The highest BCUT2D eigenvalue weighted by Gasteiger charge is 2.49. The van der Waals surface area contributed by atoms with Gasteiger partial charge in [-0.15, -0.1) is 11.5 Å². The summed E-state index contributed by atoms with van der Waals surface area (Å²) in [5.41, 5.74) is 0.318. The van der Waals surface area contributed by atoms with E-state index in [0.717, 1.165) is 76.9 Å². The molecule has 0 spiro atoms. The van der Waals surface area contributed by atoms with E-state index >= 15 is 4.39 Å². The van der Waals surface area contributed by atoms with Crippen LogP contribution in [0.1, 0.15) is 62.3 Å². The predicted molar refractivity (Wildman–Crippen MR) is 223 cm³/mol. The number of fused-ring (bicyclic) bond motifs is 5. The molecule has 2 bridgehead atoms. The number of pyridine rings is 1. The molecule has 5 atom stereocenters. The highest BCUT2D eigenvalue weighted by molar-refractivity contribution is 7.83. The summed E-state index contributed by atoms with van der Waals surface area (Å²) < 4.78 is 59.7. The number of benzene rings is 3. The van der Waals surface area contributed by atoms with Gasteiger partial charge in [0.2, 0.25) is 0 Å². The zero-order valence-electron chi connectivity index (χ0n) is 32.9. The Morgan fingerprint density at radius 1 is 0.983 bits per heavy atom. The number of ether oxygens (including phenoxy) is 2. The topological polar surface area (TPSA) is 123 Å². The molecule has 5 fully saturated rings. The SMILES string of the molecule is C#Cc1c(F)ccc2cccc(-c3ncc4c(N5CC6CCC(C5)N6)nc(OCC56CCCN5CC(COc5cccc(S(=O)n7cnc(C8CC8)n7)c5)C6)nc4c3F)c12. The van der Waals surface area contributed by atoms with Crippen LogP contribution < -0.4 is 19.7 Å². The van der Waals surface area contributed by atoms with Gasteiger partial charge in [0.05, 0.1) is 28.0 Å². The van der Waals surface area contributed by atoms with Gasteiger partial charge >= 0.3 is 6.01 Å². The summed E-state index contributed by atoms with van der Waals surface area (Å²) in [6.07, 6.45) is 16.1. The second kappa shape index (κ2) is 14.9. The molecule has 1 N–H and O–H groups in total. The predicted octanol–water partition coefficient (Wildman–Crippen LogP) is 6.40. The Labute approximate surface area is 348 Å². The van der Waals surface area contributed by atoms with Crippen molar-refractivity contribution in [1.82, 2.24) is 39.3 Å². The quantitative estimate of drug-likeness (QED) is 0.146. The number of nitrogens with one attached hydrogen (secondary N) is 1. The fourth-order valence-electron chi connectivity index (χ4n) is 10.00. The highest BCUT2D eigenvalue weighted by atomic mass is 32.2. The molecular weight excluding hydrogens is 785 g/mol. The summed E-state index contributed by atoms with van der Waals surface area (Å²) in [5.74, 6) is 3.88. The van der Waals surface area contributed by atoms with Crippen molar-refractivity contribution in [3.8, 4) is 35.4 Å².